The molecule has 0 unspecified atom stereocenters. The lowest BCUT2D eigenvalue weighted by molar-refractivity contribution is 0.350. The summed E-state index contributed by atoms with van der Waals surface area (Å²) in [6.07, 6.45) is 3.75. The van der Waals surface area contributed by atoms with E-state index in [0.717, 1.165) is 5.56 Å². The normalized spacial score (nSPS) is 8.08. The maximum absolute atomic E-state index is 8.41. The molecule has 0 aliphatic carbocycles. The van der Waals surface area contributed by atoms with Crippen LogP contribution in [0, 0.1) is 23.9 Å². The summed E-state index contributed by atoms with van der Waals surface area (Å²) in [5.74, 6) is 8.05. The number of hydrogen-bond donors (Lipinski definition) is 2. The molecule has 0 radical (unpaired) electrons. The van der Waals surface area contributed by atoms with Crippen LogP contribution in [0.15, 0.2) is 16.7 Å². The Morgan fingerprint density at radius 1 is 1.38 bits per heavy atom. The van der Waals surface area contributed by atoms with Gasteiger partial charge in [0.05, 0.1) is 6.26 Å². The largest absolute Gasteiger partial charge is 0.462 e. The molecule has 1 heterocycles. The fourth-order valence-corrected chi connectivity index (χ4v) is 0.802. The summed E-state index contributed by atoms with van der Waals surface area (Å²) >= 11 is 0. The van der Waals surface area contributed by atoms with E-state index in [0.29, 0.717) is 12.2 Å². The third kappa shape index (κ3) is 2.94. The van der Waals surface area contributed by atoms with Crippen molar-refractivity contribution >= 4 is 0 Å². The molecule has 3 nitrogen and oxygen atoms in total. The summed E-state index contributed by atoms with van der Waals surface area (Å²) in [6, 6.07) is 1.72. The maximum Gasteiger partial charge on any atom is 0.177 e. The van der Waals surface area contributed by atoms with E-state index in [-0.39, 0.29) is 6.61 Å². The molecule has 0 aromatic carbocycles. The van der Waals surface area contributed by atoms with Gasteiger partial charge in [0.25, 0.3) is 0 Å². The first-order valence-corrected chi connectivity index (χ1v) is 3.66. The second kappa shape index (κ2) is 4.92. The van der Waals surface area contributed by atoms with Gasteiger partial charge in [-0.2, -0.15) is 0 Å². The highest BCUT2D eigenvalue weighted by molar-refractivity contribution is 5.30. The van der Waals surface area contributed by atoms with E-state index in [1.807, 2.05) is 0 Å². The lowest BCUT2D eigenvalue weighted by Gasteiger charge is -1.78. The first-order chi connectivity index (χ1) is 6.36. The molecule has 3 heteroatoms. The summed E-state index contributed by atoms with van der Waals surface area (Å²) in [5.41, 5.74) is 0.851. The summed E-state index contributed by atoms with van der Waals surface area (Å²) in [4.78, 5) is 0. The van der Waals surface area contributed by atoms with Crippen molar-refractivity contribution in [1.82, 2.24) is 0 Å². The van der Waals surface area contributed by atoms with E-state index in [1.54, 1.807) is 12.2 Å². The SMILES string of the molecule is OC#CCc1coc(C#CCO)c1. The van der Waals surface area contributed by atoms with E-state index in [1.165, 1.54) is 6.26 Å². The fourth-order valence-electron chi connectivity index (χ4n) is 0.802. The molecule has 0 saturated heterocycles. The van der Waals surface area contributed by atoms with Crippen LogP contribution in [0.25, 0.3) is 0 Å². The van der Waals surface area contributed by atoms with E-state index in [9.17, 15) is 0 Å². The van der Waals surface area contributed by atoms with Crippen LogP contribution in [0.4, 0.5) is 0 Å². The first-order valence-electron chi connectivity index (χ1n) is 3.66. The van der Waals surface area contributed by atoms with Crippen molar-refractivity contribution in [3.05, 3.63) is 23.7 Å². The Kier molecular flexibility index (Phi) is 3.50. The predicted molar refractivity (Wildman–Crippen MR) is 46.1 cm³/mol. The quantitative estimate of drug-likeness (QED) is 0.612. The van der Waals surface area contributed by atoms with Crippen LogP contribution >= 0.6 is 0 Å². The van der Waals surface area contributed by atoms with Gasteiger partial charge in [-0.25, -0.2) is 0 Å². The van der Waals surface area contributed by atoms with Crippen LogP contribution in [0.2, 0.25) is 0 Å². The molecule has 13 heavy (non-hydrogen) atoms. The minimum atomic E-state index is -0.188. The third-order valence-corrected chi connectivity index (χ3v) is 1.32. The second-order valence-electron chi connectivity index (χ2n) is 2.24. The zero-order valence-corrected chi connectivity index (χ0v) is 6.87. The molecule has 0 aliphatic rings. The predicted octanol–water partition coefficient (Wildman–Crippen LogP) is 0.499. The molecule has 1 aromatic heterocycles. The number of furan rings is 1. The topological polar surface area (TPSA) is 53.6 Å². The lowest BCUT2D eigenvalue weighted by Crippen LogP contribution is -1.75. The Hall–Kier alpha value is -1.84. The van der Waals surface area contributed by atoms with Gasteiger partial charge in [-0.3, -0.25) is 0 Å². The highest BCUT2D eigenvalue weighted by atomic mass is 16.3. The summed E-state index contributed by atoms with van der Waals surface area (Å²) < 4.78 is 5.03. The average Bonchev–Trinajstić information content (AvgIpc) is 2.59. The van der Waals surface area contributed by atoms with Crippen molar-refractivity contribution in [2.45, 2.75) is 6.42 Å². The molecule has 0 bridgehead atoms. The number of rotatable bonds is 1. The molecule has 0 aliphatic heterocycles. The van der Waals surface area contributed by atoms with Crippen molar-refractivity contribution < 1.29 is 14.6 Å². The molecule has 0 amide bonds. The van der Waals surface area contributed by atoms with Gasteiger partial charge < -0.3 is 14.6 Å². The van der Waals surface area contributed by atoms with Crippen molar-refractivity contribution in [3.63, 3.8) is 0 Å². The minimum Gasteiger partial charge on any atom is -0.462 e. The molecule has 1 rings (SSSR count). The van der Waals surface area contributed by atoms with Gasteiger partial charge in [0, 0.05) is 12.0 Å². The zero-order valence-electron chi connectivity index (χ0n) is 6.87. The van der Waals surface area contributed by atoms with Gasteiger partial charge in [0.1, 0.15) is 12.7 Å². The maximum atomic E-state index is 8.41. The van der Waals surface area contributed by atoms with Crippen LogP contribution in [-0.4, -0.2) is 16.8 Å². The smallest absolute Gasteiger partial charge is 0.177 e. The second-order valence-corrected chi connectivity index (χ2v) is 2.24. The Morgan fingerprint density at radius 3 is 2.92 bits per heavy atom. The molecule has 0 spiro atoms. The molecule has 2 N–H and O–H groups in total. The average molecular weight is 176 g/mol. The number of aliphatic hydroxyl groups excluding tert-OH is 2. The monoisotopic (exact) mass is 176 g/mol. The van der Waals surface area contributed by atoms with Gasteiger partial charge >= 0.3 is 0 Å². The van der Waals surface area contributed by atoms with Crippen LogP contribution in [0.1, 0.15) is 11.3 Å². The van der Waals surface area contributed by atoms with Crippen molar-refractivity contribution in [2.24, 2.45) is 0 Å². The molecule has 0 saturated carbocycles. The van der Waals surface area contributed by atoms with Gasteiger partial charge in [-0.1, -0.05) is 11.8 Å². The molecule has 0 atom stereocenters. The zero-order chi connectivity index (χ0) is 9.52. The minimum absolute atomic E-state index is 0.188. The van der Waals surface area contributed by atoms with Crippen LogP contribution in [0.3, 0.4) is 0 Å². The standard InChI is InChI=1S/C10H8O3/c11-5-1-3-9-7-10(13-8-9)4-2-6-12/h7-8,11-12H,3,6H2. The highest BCUT2D eigenvalue weighted by Gasteiger charge is 1.96. The number of aliphatic hydroxyl groups is 2. The van der Waals surface area contributed by atoms with Gasteiger partial charge in [-0.15, -0.1) is 0 Å². The van der Waals surface area contributed by atoms with E-state index >= 15 is 0 Å². The van der Waals surface area contributed by atoms with Gasteiger partial charge in [0.15, 0.2) is 5.76 Å². The Bertz CT molecular complexity index is 382. The van der Waals surface area contributed by atoms with Gasteiger partial charge in [0.2, 0.25) is 0 Å². The van der Waals surface area contributed by atoms with Crippen LogP contribution in [-0.2, 0) is 6.42 Å². The summed E-state index contributed by atoms with van der Waals surface area (Å²) in [5, 5.41) is 16.6. The van der Waals surface area contributed by atoms with Crippen LogP contribution < -0.4 is 0 Å². The van der Waals surface area contributed by atoms with Gasteiger partial charge in [-0.05, 0) is 12.0 Å². The fraction of sp³-hybridized carbons (Fsp3) is 0.200. The summed E-state index contributed by atoms with van der Waals surface area (Å²) in [7, 11) is 0. The van der Waals surface area contributed by atoms with Crippen LogP contribution in [0.5, 0.6) is 0 Å². The van der Waals surface area contributed by atoms with Crippen molar-refractivity contribution in [1.29, 1.82) is 0 Å². The lowest BCUT2D eigenvalue weighted by atomic mass is 10.2. The van der Waals surface area contributed by atoms with E-state index in [2.05, 4.69) is 17.8 Å². The molecule has 0 fully saturated rings. The molecule has 1 aromatic rings. The Balaban J connectivity index is 2.67. The molecular weight excluding hydrogens is 168 g/mol. The van der Waals surface area contributed by atoms with Crippen molar-refractivity contribution in [3.8, 4) is 23.9 Å². The van der Waals surface area contributed by atoms with E-state index in [4.69, 9.17) is 14.6 Å². The third-order valence-electron chi connectivity index (χ3n) is 1.32. The molecule has 66 valence electrons. The number of hydrogen-bond acceptors (Lipinski definition) is 3. The first kappa shape index (κ1) is 9.25. The van der Waals surface area contributed by atoms with E-state index < -0.39 is 0 Å². The summed E-state index contributed by atoms with van der Waals surface area (Å²) in [6.45, 7) is -0.188. The Morgan fingerprint density at radius 2 is 2.23 bits per heavy atom. The molecular formula is C10H8O3. The highest BCUT2D eigenvalue weighted by Crippen LogP contribution is 2.06. The van der Waals surface area contributed by atoms with Crippen molar-refractivity contribution in [2.75, 3.05) is 6.61 Å². The Labute approximate surface area is 76.0 Å².